The zero-order chi connectivity index (χ0) is 14.0. The molecule has 1 heterocycles. The minimum absolute atomic E-state index is 0.318. The Morgan fingerprint density at radius 2 is 2.21 bits per heavy atom. The number of hydrogen-bond donors (Lipinski definition) is 2. The van der Waals surface area contributed by atoms with E-state index in [1.807, 2.05) is 11.6 Å². The van der Waals surface area contributed by atoms with Gasteiger partial charge in [0.2, 0.25) is 0 Å². The van der Waals surface area contributed by atoms with E-state index >= 15 is 0 Å². The summed E-state index contributed by atoms with van der Waals surface area (Å²) in [4.78, 5) is 0. The Balaban J connectivity index is 2.34. The molecular formula is C13H16BrFN4. The maximum Gasteiger partial charge on any atom is 0.152 e. The molecule has 3 N–H and O–H groups in total. The van der Waals surface area contributed by atoms with Crippen LogP contribution in [-0.2, 0) is 6.54 Å². The number of rotatable bonds is 4. The van der Waals surface area contributed by atoms with Gasteiger partial charge in [-0.1, -0.05) is 6.92 Å². The molecule has 0 aliphatic heterocycles. The van der Waals surface area contributed by atoms with Gasteiger partial charge < -0.3 is 11.1 Å². The van der Waals surface area contributed by atoms with Gasteiger partial charge in [0.1, 0.15) is 5.82 Å². The number of aryl methyl sites for hydroxylation is 2. The molecule has 0 saturated heterocycles. The highest BCUT2D eigenvalue weighted by Gasteiger charge is 2.12. The Morgan fingerprint density at radius 3 is 2.84 bits per heavy atom. The van der Waals surface area contributed by atoms with Crippen LogP contribution < -0.4 is 11.1 Å². The molecule has 0 aliphatic carbocycles. The lowest BCUT2D eigenvalue weighted by molar-refractivity contribution is 0.605. The minimum atomic E-state index is -0.318. The standard InChI is InChI=1S/C13H16BrFN4/c1-3-6-19-13(12(16)8(2)18-19)17-9-4-5-10(14)11(15)7-9/h4-5,7,17H,3,6,16H2,1-2H3. The summed E-state index contributed by atoms with van der Waals surface area (Å²) < 4.78 is 15.7. The SMILES string of the molecule is CCCn1nc(C)c(N)c1Nc1ccc(Br)c(F)c1. The van der Waals surface area contributed by atoms with E-state index in [1.165, 1.54) is 6.07 Å². The lowest BCUT2D eigenvalue weighted by atomic mass is 10.3. The van der Waals surface area contributed by atoms with Crippen LogP contribution in [0.5, 0.6) is 0 Å². The van der Waals surface area contributed by atoms with Gasteiger partial charge in [0.15, 0.2) is 5.82 Å². The third kappa shape index (κ3) is 2.89. The Hall–Kier alpha value is -1.56. The summed E-state index contributed by atoms with van der Waals surface area (Å²) >= 11 is 3.13. The van der Waals surface area contributed by atoms with Gasteiger partial charge in [0.05, 0.1) is 15.9 Å². The number of anilines is 3. The number of benzene rings is 1. The van der Waals surface area contributed by atoms with Crippen molar-refractivity contribution in [2.45, 2.75) is 26.8 Å². The van der Waals surface area contributed by atoms with Crippen molar-refractivity contribution < 1.29 is 4.39 Å². The molecule has 6 heteroatoms. The summed E-state index contributed by atoms with van der Waals surface area (Å²) in [5, 5.41) is 7.49. The minimum Gasteiger partial charge on any atom is -0.394 e. The van der Waals surface area contributed by atoms with Crippen molar-refractivity contribution in [3.63, 3.8) is 0 Å². The molecule has 0 bridgehead atoms. The van der Waals surface area contributed by atoms with Crippen molar-refractivity contribution in [2.75, 3.05) is 11.1 Å². The average molecular weight is 327 g/mol. The van der Waals surface area contributed by atoms with Crippen molar-refractivity contribution in [3.8, 4) is 0 Å². The van der Waals surface area contributed by atoms with Crippen LogP contribution in [0.1, 0.15) is 19.0 Å². The van der Waals surface area contributed by atoms with E-state index in [9.17, 15) is 4.39 Å². The van der Waals surface area contributed by atoms with E-state index in [-0.39, 0.29) is 5.82 Å². The molecule has 1 aromatic heterocycles. The van der Waals surface area contributed by atoms with E-state index in [0.717, 1.165) is 18.7 Å². The summed E-state index contributed by atoms with van der Waals surface area (Å²) in [6.07, 6.45) is 0.948. The molecular weight excluding hydrogens is 311 g/mol. The third-order valence-electron chi connectivity index (χ3n) is 2.79. The van der Waals surface area contributed by atoms with Crippen LogP contribution in [0.4, 0.5) is 21.6 Å². The van der Waals surface area contributed by atoms with Gasteiger partial charge in [-0.05, 0) is 47.5 Å². The summed E-state index contributed by atoms with van der Waals surface area (Å²) in [6.45, 7) is 4.69. The molecule has 1 aromatic carbocycles. The van der Waals surface area contributed by atoms with Crippen LogP contribution in [-0.4, -0.2) is 9.78 Å². The van der Waals surface area contributed by atoms with E-state index in [1.54, 1.807) is 12.1 Å². The van der Waals surface area contributed by atoms with Crippen LogP contribution in [0, 0.1) is 12.7 Å². The first kappa shape index (κ1) is 13.9. The summed E-state index contributed by atoms with van der Waals surface area (Å²) in [6, 6.07) is 4.86. The Kier molecular flexibility index (Phi) is 4.09. The Bertz CT molecular complexity index is 595. The molecule has 0 fully saturated rings. The number of hydrogen-bond acceptors (Lipinski definition) is 3. The lowest BCUT2D eigenvalue weighted by Gasteiger charge is -2.10. The second-order valence-corrected chi connectivity index (χ2v) is 5.18. The Labute approximate surface area is 119 Å². The van der Waals surface area contributed by atoms with E-state index in [4.69, 9.17) is 5.73 Å². The van der Waals surface area contributed by atoms with Crippen molar-refractivity contribution in [1.82, 2.24) is 9.78 Å². The van der Waals surface area contributed by atoms with Gasteiger partial charge in [-0.15, -0.1) is 0 Å². The highest BCUT2D eigenvalue weighted by atomic mass is 79.9. The third-order valence-corrected chi connectivity index (χ3v) is 3.43. The average Bonchev–Trinajstić information content (AvgIpc) is 2.62. The topological polar surface area (TPSA) is 55.9 Å². The summed E-state index contributed by atoms with van der Waals surface area (Å²) in [5.74, 6) is 0.392. The van der Waals surface area contributed by atoms with E-state index in [0.29, 0.717) is 21.7 Å². The smallest absolute Gasteiger partial charge is 0.152 e. The van der Waals surface area contributed by atoms with Crippen molar-refractivity contribution in [1.29, 1.82) is 0 Å². The predicted octanol–water partition coefficient (Wildman–Crippen LogP) is 3.83. The first-order valence-corrected chi connectivity index (χ1v) is 6.87. The van der Waals surface area contributed by atoms with Gasteiger partial charge in [0, 0.05) is 12.2 Å². The second kappa shape index (κ2) is 5.61. The molecule has 0 atom stereocenters. The van der Waals surface area contributed by atoms with Gasteiger partial charge in [-0.3, -0.25) is 0 Å². The molecule has 0 amide bonds. The highest BCUT2D eigenvalue weighted by Crippen LogP contribution is 2.28. The van der Waals surface area contributed by atoms with Gasteiger partial charge >= 0.3 is 0 Å². The van der Waals surface area contributed by atoms with Crippen LogP contribution in [0.25, 0.3) is 0 Å². The maximum absolute atomic E-state index is 13.5. The molecule has 0 radical (unpaired) electrons. The largest absolute Gasteiger partial charge is 0.394 e. The van der Waals surface area contributed by atoms with Crippen LogP contribution in [0.2, 0.25) is 0 Å². The fraction of sp³-hybridized carbons (Fsp3) is 0.308. The van der Waals surface area contributed by atoms with E-state index in [2.05, 4.69) is 33.3 Å². The number of halogens is 2. The quantitative estimate of drug-likeness (QED) is 0.897. The van der Waals surface area contributed by atoms with Gasteiger partial charge in [-0.25, -0.2) is 9.07 Å². The maximum atomic E-state index is 13.5. The zero-order valence-corrected chi connectivity index (χ0v) is 12.5. The fourth-order valence-corrected chi connectivity index (χ4v) is 2.06. The molecule has 0 spiro atoms. The van der Waals surface area contributed by atoms with Crippen LogP contribution in [0.15, 0.2) is 22.7 Å². The van der Waals surface area contributed by atoms with Crippen LogP contribution in [0.3, 0.4) is 0 Å². The molecule has 102 valence electrons. The predicted molar refractivity (Wildman–Crippen MR) is 79.1 cm³/mol. The van der Waals surface area contributed by atoms with Crippen molar-refractivity contribution in [2.24, 2.45) is 0 Å². The molecule has 0 aliphatic rings. The highest BCUT2D eigenvalue weighted by molar-refractivity contribution is 9.10. The van der Waals surface area contributed by atoms with Crippen molar-refractivity contribution >= 4 is 33.1 Å². The summed E-state index contributed by atoms with van der Waals surface area (Å²) in [7, 11) is 0. The number of aromatic nitrogens is 2. The number of nitrogens with one attached hydrogen (secondary N) is 1. The number of nitrogen functional groups attached to an aromatic ring is 1. The molecule has 2 aromatic rings. The normalized spacial score (nSPS) is 10.7. The lowest BCUT2D eigenvalue weighted by Crippen LogP contribution is -2.05. The second-order valence-electron chi connectivity index (χ2n) is 4.32. The van der Waals surface area contributed by atoms with Gasteiger partial charge in [0.25, 0.3) is 0 Å². The first-order valence-electron chi connectivity index (χ1n) is 6.08. The molecule has 0 unspecified atom stereocenters. The Morgan fingerprint density at radius 1 is 1.47 bits per heavy atom. The van der Waals surface area contributed by atoms with E-state index < -0.39 is 0 Å². The first-order chi connectivity index (χ1) is 9.02. The molecule has 4 nitrogen and oxygen atoms in total. The molecule has 2 rings (SSSR count). The zero-order valence-electron chi connectivity index (χ0n) is 10.9. The molecule has 19 heavy (non-hydrogen) atoms. The van der Waals surface area contributed by atoms with Crippen molar-refractivity contribution in [3.05, 3.63) is 34.2 Å². The molecule has 0 saturated carbocycles. The monoisotopic (exact) mass is 326 g/mol. The fourth-order valence-electron chi connectivity index (χ4n) is 1.81. The van der Waals surface area contributed by atoms with Crippen LogP contribution >= 0.6 is 15.9 Å². The number of nitrogens with two attached hydrogens (primary N) is 1. The van der Waals surface area contributed by atoms with Gasteiger partial charge in [-0.2, -0.15) is 5.10 Å². The summed E-state index contributed by atoms with van der Waals surface area (Å²) in [5.41, 5.74) is 8.01. The number of nitrogens with zero attached hydrogens (tertiary/aromatic N) is 2.